The van der Waals surface area contributed by atoms with Gasteiger partial charge in [0.1, 0.15) is 6.54 Å². The van der Waals surface area contributed by atoms with Crippen molar-refractivity contribution in [2.24, 2.45) is 0 Å². The zero-order valence-electron chi connectivity index (χ0n) is 20.1. The SMILES string of the molecule is COCCN(CC(=O)N(Cc1ccccc1)Cc1ccc(C)s1)C(=O)c1ccc2ccccc2c1. The van der Waals surface area contributed by atoms with Crippen molar-refractivity contribution in [1.29, 1.82) is 0 Å². The van der Waals surface area contributed by atoms with Gasteiger partial charge >= 0.3 is 0 Å². The summed E-state index contributed by atoms with van der Waals surface area (Å²) >= 11 is 1.69. The maximum Gasteiger partial charge on any atom is 0.254 e. The van der Waals surface area contributed by atoms with E-state index in [0.717, 1.165) is 21.2 Å². The number of methoxy groups -OCH3 is 1. The van der Waals surface area contributed by atoms with Crippen molar-refractivity contribution in [2.75, 3.05) is 26.8 Å². The van der Waals surface area contributed by atoms with Crippen molar-refractivity contribution in [2.45, 2.75) is 20.0 Å². The molecule has 4 aromatic rings. The highest BCUT2D eigenvalue weighted by Crippen LogP contribution is 2.20. The predicted molar refractivity (Wildman–Crippen MR) is 141 cm³/mol. The maximum atomic E-state index is 13.6. The summed E-state index contributed by atoms with van der Waals surface area (Å²) in [5.74, 6) is -0.266. The summed E-state index contributed by atoms with van der Waals surface area (Å²) in [6, 6.07) is 27.7. The second-order valence-corrected chi connectivity index (χ2v) is 9.90. The standard InChI is InChI=1S/C29H30N2O3S/c1-22-12-15-27(35-22)20-31(19-23-8-4-3-5-9-23)28(32)21-30(16-17-34-2)29(33)26-14-13-24-10-6-7-11-25(24)18-26/h3-15,18H,16-17,19-21H2,1-2H3. The number of benzene rings is 3. The number of ether oxygens (including phenoxy) is 1. The van der Waals surface area contributed by atoms with Gasteiger partial charge in [0.15, 0.2) is 0 Å². The largest absolute Gasteiger partial charge is 0.383 e. The van der Waals surface area contributed by atoms with Gasteiger partial charge in [0.25, 0.3) is 5.91 Å². The molecule has 0 N–H and O–H groups in total. The molecule has 6 heteroatoms. The number of fused-ring (bicyclic) bond motifs is 1. The van der Waals surface area contributed by atoms with Crippen LogP contribution in [-0.2, 0) is 22.6 Å². The average Bonchev–Trinajstić information content (AvgIpc) is 3.30. The summed E-state index contributed by atoms with van der Waals surface area (Å²) in [7, 11) is 1.60. The van der Waals surface area contributed by atoms with E-state index in [0.29, 0.717) is 31.8 Å². The summed E-state index contributed by atoms with van der Waals surface area (Å²) < 4.78 is 5.25. The highest BCUT2D eigenvalue weighted by molar-refractivity contribution is 7.11. The molecule has 4 rings (SSSR count). The first kappa shape index (κ1) is 24.6. The first-order chi connectivity index (χ1) is 17.0. The molecule has 0 aliphatic heterocycles. The monoisotopic (exact) mass is 486 g/mol. The summed E-state index contributed by atoms with van der Waals surface area (Å²) in [6.07, 6.45) is 0. The van der Waals surface area contributed by atoms with E-state index in [9.17, 15) is 9.59 Å². The number of carbonyl (C=O) groups is 2. The van der Waals surface area contributed by atoms with Gasteiger partial charge in [-0.3, -0.25) is 9.59 Å². The highest BCUT2D eigenvalue weighted by Gasteiger charge is 2.23. The van der Waals surface area contributed by atoms with Gasteiger partial charge in [-0.15, -0.1) is 11.3 Å². The van der Waals surface area contributed by atoms with Crippen LogP contribution in [0.1, 0.15) is 25.7 Å². The zero-order chi connectivity index (χ0) is 24.6. The lowest BCUT2D eigenvalue weighted by molar-refractivity contribution is -0.133. The van der Waals surface area contributed by atoms with E-state index in [1.807, 2.05) is 77.7 Å². The third-order valence-electron chi connectivity index (χ3n) is 5.89. The minimum absolute atomic E-state index is 0.00773. The van der Waals surface area contributed by atoms with Crippen molar-refractivity contribution >= 4 is 33.9 Å². The van der Waals surface area contributed by atoms with Crippen LogP contribution in [0.25, 0.3) is 10.8 Å². The lowest BCUT2D eigenvalue weighted by Crippen LogP contribution is -2.43. The van der Waals surface area contributed by atoms with Gasteiger partial charge in [-0.25, -0.2) is 0 Å². The lowest BCUT2D eigenvalue weighted by atomic mass is 10.1. The Morgan fingerprint density at radius 1 is 0.829 bits per heavy atom. The van der Waals surface area contributed by atoms with Crippen LogP contribution in [0.2, 0.25) is 0 Å². The molecule has 1 heterocycles. The van der Waals surface area contributed by atoms with Gasteiger partial charge in [-0.1, -0.05) is 60.7 Å². The van der Waals surface area contributed by atoms with E-state index < -0.39 is 0 Å². The number of rotatable bonds is 10. The Kier molecular flexibility index (Phi) is 8.29. The van der Waals surface area contributed by atoms with Crippen LogP contribution < -0.4 is 0 Å². The molecule has 0 atom stereocenters. The molecule has 0 saturated heterocycles. The molecule has 0 fully saturated rings. The normalized spacial score (nSPS) is 10.9. The fourth-order valence-electron chi connectivity index (χ4n) is 4.02. The van der Waals surface area contributed by atoms with Crippen LogP contribution in [0.15, 0.2) is 84.9 Å². The van der Waals surface area contributed by atoms with Gasteiger partial charge in [0, 0.05) is 35.5 Å². The summed E-state index contributed by atoms with van der Waals surface area (Å²) in [6.45, 7) is 3.74. The molecule has 0 bridgehead atoms. The van der Waals surface area contributed by atoms with Gasteiger partial charge in [-0.05, 0) is 47.5 Å². The lowest BCUT2D eigenvalue weighted by Gasteiger charge is -2.28. The van der Waals surface area contributed by atoms with Crippen molar-refractivity contribution in [3.8, 4) is 0 Å². The minimum atomic E-state index is -0.173. The van der Waals surface area contributed by atoms with Gasteiger partial charge in [0.05, 0.1) is 13.2 Å². The van der Waals surface area contributed by atoms with Crippen LogP contribution in [0.4, 0.5) is 0 Å². The van der Waals surface area contributed by atoms with Crippen molar-refractivity contribution in [3.05, 3.63) is 106 Å². The Hall–Kier alpha value is -3.48. The fraction of sp³-hybridized carbons (Fsp3) is 0.241. The molecule has 2 amide bonds. The zero-order valence-corrected chi connectivity index (χ0v) is 21.0. The van der Waals surface area contributed by atoms with E-state index in [-0.39, 0.29) is 18.4 Å². The van der Waals surface area contributed by atoms with E-state index in [2.05, 4.69) is 19.1 Å². The van der Waals surface area contributed by atoms with E-state index in [1.165, 1.54) is 4.88 Å². The van der Waals surface area contributed by atoms with E-state index in [4.69, 9.17) is 4.74 Å². The Labute approximate surface area is 210 Å². The van der Waals surface area contributed by atoms with Gasteiger partial charge in [-0.2, -0.15) is 0 Å². The summed E-state index contributed by atoms with van der Waals surface area (Å²) in [5, 5.41) is 2.07. The summed E-state index contributed by atoms with van der Waals surface area (Å²) in [5.41, 5.74) is 1.62. The molecule has 0 saturated carbocycles. The number of nitrogens with zero attached hydrogens (tertiary/aromatic N) is 2. The van der Waals surface area contributed by atoms with E-state index in [1.54, 1.807) is 23.3 Å². The molecule has 0 aliphatic carbocycles. The fourth-order valence-corrected chi connectivity index (χ4v) is 4.92. The number of carbonyl (C=O) groups excluding carboxylic acids is 2. The first-order valence-electron chi connectivity index (χ1n) is 11.7. The van der Waals surface area contributed by atoms with Gasteiger partial charge < -0.3 is 14.5 Å². The van der Waals surface area contributed by atoms with Crippen LogP contribution in [-0.4, -0.2) is 48.4 Å². The first-order valence-corrected chi connectivity index (χ1v) is 12.5. The number of hydrogen-bond acceptors (Lipinski definition) is 4. The van der Waals surface area contributed by atoms with Crippen molar-refractivity contribution in [3.63, 3.8) is 0 Å². The minimum Gasteiger partial charge on any atom is -0.383 e. The quantitative estimate of drug-likeness (QED) is 0.296. The Balaban J connectivity index is 1.56. The predicted octanol–water partition coefficient (Wildman–Crippen LogP) is 5.53. The molecule has 3 aromatic carbocycles. The van der Waals surface area contributed by atoms with Crippen molar-refractivity contribution < 1.29 is 14.3 Å². The molecule has 5 nitrogen and oxygen atoms in total. The van der Waals surface area contributed by atoms with Crippen LogP contribution in [0.3, 0.4) is 0 Å². The molecule has 0 unspecified atom stereocenters. The maximum absolute atomic E-state index is 13.6. The Morgan fingerprint density at radius 3 is 2.29 bits per heavy atom. The van der Waals surface area contributed by atoms with Crippen LogP contribution in [0, 0.1) is 6.92 Å². The smallest absolute Gasteiger partial charge is 0.254 e. The second-order valence-electron chi connectivity index (χ2n) is 8.53. The third kappa shape index (κ3) is 6.56. The number of amides is 2. The number of thiophene rings is 1. The van der Waals surface area contributed by atoms with Crippen LogP contribution >= 0.6 is 11.3 Å². The second kappa shape index (κ2) is 11.8. The molecule has 1 aromatic heterocycles. The van der Waals surface area contributed by atoms with Crippen LogP contribution in [0.5, 0.6) is 0 Å². The molecule has 35 heavy (non-hydrogen) atoms. The molecule has 0 spiro atoms. The topological polar surface area (TPSA) is 49.9 Å². The van der Waals surface area contributed by atoms with E-state index >= 15 is 0 Å². The molecular weight excluding hydrogens is 456 g/mol. The molecule has 0 radical (unpaired) electrons. The Morgan fingerprint density at radius 2 is 1.57 bits per heavy atom. The summed E-state index contributed by atoms with van der Waals surface area (Å²) in [4.78, 5) is 32.8. The third-order valence-corrected chi connectivity index (χ3v) is 6.87. The molecular formula is C29H30N2O3S. The number of aryl methyl sites for hydroxylation is 1. The molecule has 180 valence electrons. The number of hydrogen-bond donors (Lipinski definition) is 0. The Bertz CT molecular complexity index is 1290. The van der Waals surface area contributed by atoms with Crippen molar-refractivity contribution in [1.82, 2.24) is 9.80 Å². The molecule has 0 aliphatic rings. The average molecular weight is 487 g/mol. The highest BCUT2D eigenvalue weighted by atomic mass is 32.1. The van der Waals surface area contributed by atoms with Gasteiger partial charge in [0.2, 0.25) is 5.91 Å².